The Bertz CT molecular complexity index is 530. The third-order valence-electron chi connectivity index (χ3n) is 3.55. The summed E-state index contributed by atoms with van der Waals surface area (Å²) in [4.78, 5) is 26.5. The van der Waals surface area contributed by atoms with E-state index in [1.807, 2.05) is 32.9 Å². The number of hydrogen-bond donors (Lipinski definition) is 1. The molecule has 1 heterocycles. The molecule has 1 aliphatic heterocycles. The number of hydrogen-bond acceptors (Lipinski definition) is 2. The molecule has 2 rings (SSSR count). The Morgan fingerprint density at radius 3 is 2.50 bits per heavy atom. The Morgan fingerprint density at radius 1 is 1.30 bits per heavy atom. The average molecular weight is 295 g/mol. The highest BCUT2D eigenvalue weighted by Crippen LogP contribution is 2.31. The maximum absolute atomic E-state index is 12.6. The van der Waals surface area contributed by atoms with Gasteiger partial charge < -0.3 is 5.32 Å². The largest absolute Gasteiger partial charge is 0.342 e. The number of benzene rings is 1. The minimum absolute atomic E-state index is 0.00743. The lowest BCUT2D eigenvalue weighted by molar-refractivity contribution is -0.134. The van der Waals surface area contributed by atoms with E-state index in [9.17, 15) is 9.59 Å². The fourth-order valence-corrected chi connectivity index (χ4v) is 2.76. The molecule has 0 radical (unpaired) electrons. The van der Waals surface area contributed by atoms with Crippen molar-refractivity contribution >= 4 is 29.1 Å². The van der Waals surface area contributed by atoms with Crippen LogP contribution in [0.3, 0.4) is 0 Å². The minimum atomic E-state index is -0.523. The summed E-state index contributed by atoms with van der Waals surface area (Å²) >= 11 is 6.21. The summed E-state index contributed by atoms with van der Waals surface area (Å²) in [5.41, 5.74) is 0.603. The van der Waals surface area contributed by atoms with Crippen LogP contribution in [-0.4, -0.2) is 23.9 Å². The highest BCUT2D eigenvalue weighted by atomic mass is 35.5. The Hall–Kier alpha value is -1.55. The number of nitrogens with zero attached hydrogens (tertiary/aromatic N) is 1. The lowest BCUT2D eigenvalue weighted by Gasteiger charge is -2.40. The van der Waals surface area contributed by atoms with Gasteiger partial charge in [-0.2, -0.15) is 0 Å². The molecule has 0 saturated carbocycles. The topological polar surface area (TPSA) is 49.4 Å². The van der Waals surface area contributed by atoms with Crippen molar-refractivity contribution in [3.63, 3.8) is 0 Å². The molecule has 1 N–H and O–H groups in total. The Labute approximate surface area is 124 Å². The number of halogens is 1. The number of para-hydroxylation sites is 1. The molecule has 20 heavy (non-hydrogen) atoms. The first-order chi connectivity index (χ1) is 9.47. The van der Waals surface area contributed by atoms with Crippen LogP contribution in [0.25, 0.3) is 0 Å². The summed E-state index contributed by atoms with van der Waals surface area (Å²) in [6.45, 7) is 5.73. The van der Waals surface area contributed by atoms with Crippen molar-refractivity contribution in [3.05, 3.63) is 29.3 Å². The number of nitrogens with one attached hydrogen (secondary N) is 1. The van der Waals surface area contributed by atoms with Crippen LogP contribution in [0.2, 0.25) is 5.02 Å². The van der Waals surface area contributed by atoms with Gasteiger partial charge in [0, 0.05) is 0 Å². The van der Waals surface area contributed by atoms with Crippen LogP contribution < -0.4 is 10.2 Å². The third kappa shape index (κ3) is 2.52. The van der Waals surface area contributed by atoms with Gasteiger partial charge in [0.15, 0.2) is 0 Å². The maximum Gasteiger partial charge on any atom is 0.250 e. The summed E-state index contributed by atoms with van der Waals surface area (Å²) < 4.78 is 0. The van der Waals surface area contributed by atoms with Crippen molar-refractivity contribution in [2.24, 2.45) is 5.92 Å². The molecule has 1 aromatic carbocycles. The van der Waals surface area contributed by atoms with Crippen molar-refractivity contribution in [2.75, 3.05) is 4.90 Å². The quantitative estimate of drug-likeness (QED) is 0.931. The fourth-order valence-electron chi connectivity index (χ4n) is 2.53. The van der Waals surface area contributed by atoms with E-state index in [1.54, 1.807) is 17.0 Å². The van der Waals surface area contributed by atoms with Gasteiger partial charge in [-0.05, 0) is 24.5 Å². The van der Waals surface area contributed by atoms with Crippen LogP contribution in [-0.2, 0) is 9.59 Å². The SMILES string of the molecule is CCC1NC(=O)C(C(C)C)N(c2ccccc2Cl)C1=O. The molecule has 0 aliphatic carbocycles. The molecule has 108 valence electrons. The second kappa shape index (κ2) is 5.83. The fraction of sp³-hybridized carbons (Fsp3) is 0.467. The predicted octanol–water partition coefficient (Wildman–Crippen LogP) is 2.61. The van der Waals surface area contributed by atoms with Gasteiger partial charge in [0.2, 0.25) is 11.8 Å². The normalized spacial score (nSPS) is 23.1. The van der Waals surface area contributed by atoms with E-state index in [0.29, 0.717) is 17.1 Å². The third-order valence-corrected chi connectivity index (χ3v) is 3.87. The van der Waals surface area contributed by atoms with Gasteiger partial charge in [0.05, 0.1) is 10.7 Å². The standard InChI is InChI=1S/C15H19ClN2O2/c1-4-11-15(20)18(12-8-6-5-7-10(12)16)13(9(2)3)14(19)17-11/h5-9,11,13H,4H2,1-3H3,(H,17,19). The molecule has 1 aliphatic rings. The lowest BCUT2D eigenvalue weighted by atomic mass is 9.95. The maximum atomic E-state index is 12.6. The molecule has 0 bridgehead atoms. The van der Waals surface area contributed by atoms with Crippen LogP contribution in [0, 0.1) is 5.92 Å². The number of piperazine rings is 1. The zero-order chi connectivity index (χ0) is 14.9. The zero-order valence-electron chi connectivity index (χ0n) is 11.9. The van der Waals surface area contributed by atoms with Crippen molar-refractivity contribution in [1.29, 1.82) is 0 Å². The number of amides is 2. The zero-order valence-corrected chi connectivity index (χ0v) is 12.6. The van der Waals surface area contributed by atoms with Crippen molar-refractivity contribution in [2.45, 2.75) is 39.3 Å². The summed E-state index contributed by atoms with van der Waals surface area (Å²) in [5, 5.41) is 3.28. The first kappa shape index (κ1) is 14.9. The van der Waals surface area contributed by atoms with Gasteiger partial charge in [-0.25, -0.2) is 0 Å². The van der Waals surface area contributed by atoms with E-state index in [2.05, 4.69) is 5.32 Å². The molecule has 1 fully saturated rings. The highest BCUT2D eigenvalue weighted by Gasteiger charge is 2.42. The number of carbonyl (C=O) groups excluding carboxylic acids is 2. The number of anilines is 1. The van der Waals surface area contributed by atoms with E-state index in [1.165, 1.54) is 0 Å². The van der Waals surface area contributed by atoms with Gasteiger partial charge in [0.25, 0.3) is 0 Å². The van der Waals surface area contributed by atoms with Crippen molar-refractivity contribution in [1.82, 2.24) is 5.32 Å². The molecular formula is C15H19ClN2O2. The second-order valence-electron chi connectivity index (χ2n) is 5.32. The van der Waals surface area contributed by atoms with E-state index >= 15 is 0 Å². The van der Waals surface area contributed by atoms with E-state index in [0.717, 1.165) is 0 Å². The van der Waals surface area contributed by atoms with Crippen molar-refractivity contribution < 1.29 is 9.59 Å². The van der Waals surface area contributed by atoms with E-state index in [4.69, 9.17) is 11.6 Å². The molecule has 0 aromatic heterocycles. The molecule has 4 nitrogen and oxygen atoms in total. The Morgan fingerprint density at radius 2 is 1.95 bits per heavy atom. The van der Waals surface area contributed by atoms with E-state index in [-0.39, 0.29) is 17.7 Å². The van der Waals surface area contributed by atoms with E-state index < -0.39 is 12.1 Å². The smallest absolute Gasteiger partial charge is 0.250 e. The summed E-state index contributed by atoms with van der Waals surface area (Å²) in [7, 11) is 0. The molecule has 2 amide bonds. The number of rotatable bonds is 3. The lowest BCUT2D eigenvalue weighted by Crippen LogP contribution is -2.65. The second-order valence-corrected chi connectivity index (χ2v) is 5.73. The van der Waals surface area contributed by atoms with Crippen LogP contribution in [0.4, 0.5) is 5.69 Å². The van der Waals surface area contributed by atoms with Crippen LogP contribution in [0.5, 0.6) is 0 Å². The van der Waals surface area contributed by atoms with Gasteiger partial charge in [-0.1, -0.05) is 44.5 Å². The van der Waals surface area contributed by atoms with Crippen molar-refractivity contribution in [3.8, 4) is 0 Å². The van der Waals surface area contributed by atoms with Gasteiger partial charge in [-0.15, -0.1) is 0 Å². The predicted molar refractivity (Wildman–Crippen MR) is 79.8 cm³/mol. The highest BCUT2D eigenvalue weighted by molar-refractivity contribution is 6.34. The van der Waals surface area contributed by atoms with Gasteiger partial charge in [0.1, 0.15) is 12.1 Å². The molecule has 1 saturated heterocycles. The molecule has 2 unspecified atom stereocenters. The summed E-state index contributed by atoms with van der Waals surface area (Å²) in [6.07, 6.45) is 0.566. The summed E-state index contributed by atoms with van der Waals surface area (Å²) in [5.74, 6) is -0.210. The molecule has 0 spiro atoms. The minimum Gasteiger partial charge on any atom is -0.342 e. The monoisotopic (exact) mass is 294 g/mol. The van der Waals surface area contributed by atoms with Gasteiger partial charge >= 0.3 is 0 Å². The first-order valence-corrected chi connectivity index (χ1v) is 7.23. The molecule has 1 aromatic rings. The summed E-state index contributed by atoms with van der Waals surface area (Å²) in [6, 6.07) is 6.14. The first-order valence-electron chi connectivity index (χ1n) is 6.85. The van der Waals surface area contributed by atoms with Crippen LogP contribution in [0.15, 0.2) is 24.3 Å². The Balaban J connectivity index is 2.50. The molecule has 2 atom stereocenters. The molecule has 5 heteroatoms. The average Bonchev–Trinajstić information content (AvgIpc) is 2.41. The number of carbonyl (C=O) groups is 2. The van der Waals surface area contributed by atoms with Crippen LogP contribution >= 0.6 is 11.6 Å². The Kier molecular flexibility index (Phi) is 4.33. The van der Waals surface area contributed by atoms with Gasteiger partial charge in [-0.3, -0.25) is 14.5 Å². The molecular weight excluding hydrogens is 276 g/mol. The van der Waals surface area contributed by atoms with Crippen LogP contribution in [0.1, 0.15) is 27.2 Å².